The van der Waals surface area contributed by atoms with Crippen LogP contribution in [0.1, 0.15) is 44.2 Å². The van der Waals surface area contributed by atoms with Crippen LogP contribution in [0.3, 0.4) is 0 Å². The number of anilines is 2. The number of ether oxygens (including phenoxy) is 2. The normalized spacial score (nSPS) is 16.4. The van der Waals surface area contributed by atoms with E-state index < -0.39 is 5.91 Å². The molecule has 182 valence electrons. The van der Waals surface area contributed by atoms with Crippen LogP contribution in [-0.2, 0) is 16.0 Å². The van der Waals surface area contributed by atoms with Gasteiger partial charge in [0.25, 0.3) is 5.91 Å². The fraction of sp³-hybridized carbons (Fsp3) is 0.346. The average molecular weight is 476 g/mol. The van der Waals surface area contributed by atoms with Gasteiger partial charge < -0.3 is 25.8 Å². The lowest BCUT2D eigenvalue weighted by Gasteiger charge is -2.30. The zero-order valence-corrected chi connectivity index (χ0v) is 19.9. The molecule has 2 aromatic carbocycles. The molecule has 0 saturated carbocycles. The zero-order valence-electron chi connectivity index (χ0n) is 19.9. The molecule has 35 heavy (non-hydrogen) atoms. The summed E-state index contributed by atoms with van der Waals surface area (Å²) in [7, 11) is 0. The van der Waals surface area contributed by atoms with E-state index in [1.165, 1.54) is 5.57 Å². The molecule has 4 N–H and O–H groups in total. The van der Waals surface area contributed by atoms with Gasteiger partial charge in [-0.2, -0.15) is 5.10 Å². The predicted octanol–water partition coefficient (Wildman–Crippen LogP) is 3.15. The SMILES string of the molecule is CC(C)NCC(=O)Nc1ccc2c(c1)C1=C(CCC(C(N)=O)=NN1c1ccc3c(c1)OCO3)CC2. The maximum atomic E-state index is 12.4. The molecule has 2 aliphatic heterocycles. The largest absolute Gasteiger partial charge is 0.454 e. The minimum atomic E-state index is -0.533. The first-order valence-electron chi connectivity index (χ1n) is 11.8. The summed E-state index contributed by atoms with van der Waals surface area (Å²) >= 11 is 0. The molecule has 0 unspecified atom stereocenters. The number of hydrogen-bond acceptors (Lipinski definition) is 7. The van der Waals surface area contributed by atoms with Crippen molar-refractivity contribution in [3.8, 4) is 11.5 Å². The summed E-state index contributed by atoms with van der Waals surface area (Å²) < 4.78 is 11.1. The third-order valence-electron chi connectivity index (χ3n) is 6.33. The number of fused-ring (bicyclic) bond motifs is 3. The van der Waals surface area contributed by atoms with E-state index in [-0.39, 0.29) is 25.3 Å². The van der Waals surface area contributed by atoms with Crippen LogP contribution >= 0.6 is 0 Å². The number of amides is 2. The number of benzene rings is 2. The van der Waals surface area contributed by atoms with E-state index in [4.69, 9.17) is 20.3 Å². The van der Waals surface area contributed by atoms with Gasteiger partial charge in [-0.25, -0.2) is 5.01 Å². The van der Waals surface area contributed by atoms with E-state index >= 15 is 0 Å². The number of carbonyl (C=O) groups is 2. The maximum absolute atomic E-state index is 12.4. The van der Waals surface area contributed by atoms with Crippen molar-refractivity contribution in [2.45, 2.75) is 45.6 Å². The van der Waals surface area contributed by atoms with Crippen molar-refractivity contribution in [3.05, 3.63) is 53.1 Å². The highest BCUT2D eigenvalue weighted by Gasteiger charge is 2.30. The summed E-state index contributed by atoms with van der Waals surface area (Å²) in [6, 6.07) is 11.8. The Morgan fingerprint density at radius 1 is 1.06 bits per heavy atom. The van der Waals surface area contributed by atoms with Gasteiger partial charge in [0.2, 0.25) is 12.7 Å². The maximum Gasteiger partial charge on any atom is 0.264 e. The van der Waals surface area contributed by atoms with E-state index in [2.05, 4.69) is 10.6 Å². The third kappa shape index (κ3) is 4.72. The highest BCUT2D eigenvalue weighted by molar-refractivity contribution is 6.38. The van der Waals surface area contributed by atoms with Gasteiger partial charge in [0.05, 0.1) is 17.9 Å². The van der Waals surface area contributed by atoms with Crippen LogP contribution in [0.15, 0.2) is 47.1 Å². The summed E-state index contributed by atoms with van der Waals surface area (Å²) in [5.41, 5.74) is 11.7. The Hall–Kier alpha value is -3.85. The first-order valence-corrected chi connectivity index (χ1v) is 11.8. The molecule has 5 rings (SSSR count). The number of nitrogens with two attached hydrogens (primary N) is 1. The molecule has 0 radical (unpaired) electrons. The second kappa shape index (κ2) is 9.42. The lowest BCUT2D eigenvalue weighted by Crippen LogP contribution is -2.32. The van der Waals surface area contributed by atoms with Crippen molar-refractivity contribution in [2.75, 3.05) is 23.7 Å². The van der Waals surface area contributed by atoms with E-state index in [0.29, 0.717) is 35.7 Å². The van der Waals surface area contributed by atoms with Gasteiger partial charge >= 0.3 is 0 Å². The molecule has 1 aliphatic carbocycles. The van der Waals surface area contributed by atoms with Crippen molar-refractivity contribution < 1.29 is 19.1 Å². The van der Waals surface area contributed by atoms with Gasteiger partial charge in [0, 0.05) is 29.8 Å². The molecular formula is C26H29N5O4. The Kier molecular flexibility index (Phi) is 6.17. The Labute approximate surface area is 204 Å². The fourth-order valence-corrected chi connectivity index (χ4v) is 4.56. The smallest absolute Gasteiger partial charge is 0.264 e. The second-order valence-corrected chi connectivity index (χ2v) is 9.17. The molecule has 2 heterocycles. The van der Waals surface area contributed by atoms with Crippen molar-refractivity contribution in [3.63, 3.8) is 0 Å². The second-order valence-electron chi connectivity index (χ2n) is 9.17. The molecular weight excluding hydrogens is 446 g/mol. The van der Waals surface area contributed by atoms with Gasteiger partial charge in [-0.15, -0.1) is 0 Å². The molecule has 3 aliphatic rings. The van der Waals surface area contributed by atoms with E-state index in [9.17, 15) is 9.59 Å². The van der Waals surface area contributed by atoms with Gasteiger partial charge in [-0.3, -0.25) is 9.59 Å². The van der Waals surface area contributed by atoms with Gasteiger partial charge in [-0.05, 0) is 54.7 Å². The Bertz CT molecular complexity index is 1250. The fourth-order valence-electron chi connectivity index (χ4n) is 4.56. The summed E-state index contributed by atoms with van der Waals surface area (Å²) in [5, 5.41) is 12.6. The number of rotatable bonds is 6. The number of aryl methyl sites for hydroxylation is 1. The minimum absolute atomic E-state index is 0.105. The average Bonchev–Trinajstić information content (AvgIpc) is 3.21. The molecule has 9 heteroatoms. The Balaban J connectivity index is 1.56. The van der Waals surface area contributed by atoms with Crippen LogP contribution in [0.4, 0.5) is 11.4 Å². The lowest BCUT2D eigenvalue weighted by molar-refractivity contribution is -0.115. The summed E-state index contributed by atoms with van der Waals surface area (Å²) in [6.07, 6.45) is 2.89. The summed E-state index contributed by atoms with van der Waals surface area (Å²) in [6.45, 7) is 4.40. The van der Waals surface area contributed by atoms with Crippen LogP contribution in [0.5, 0.6) is 11.5 Å². The van der Waals surface area contributed by atoms with Gasteiger partial charge in [-0.1, -0.05) is 19.9 Å². The topological polar surface area (TPSA) is 118 Å². The Morgan fingerprint density at radius 2 is 1.86 bits per heavy atom. The van der Waals surface area contributed by atoms with Crippen LogP contribution in [0.2, 0.25) is 0 Å². The van der Waals surface area contributed by atoms with E-state index in [1.807, 2.05) is 50.2 Å². The zero-order chi connectivity index (χ0) is 24.5. The first-order chi connectivity index (χ1) is 16.9. The molecule has 0 spiro atoms. The molecule has 9 nitrogen and oxygen atoms in total. The molecule has 0 aromatic heterocycles. The number of hydrazone groups is 1. The number of carbonyl (C=O) groups excluding carboxylic acids is 2. The molecule has 0 atom stereocenters. The van der Waals surface area contributed by atoms with Crippen LogP contribution in [-0.4, -0.2) is 36.9 Å². The molecule has 2 amide bonds. The standard InChI is InChI=1S/C26H29N5O4/c1-15(2)28-13-24(32)29-18-7-5-16-3-4-17-6-9-21(26(27)33)30-31(25(17)20(16)11-18)19-8-10-22-23(12-19)35-14-34-22/h5,7-8,10-12,15,28H,3-4,6,9,13-14H2,1-2H3,(H2,27,33)(H,29,32). The van der Waals surface area contributed by atoms with Gasteiger partial charge in [0.15, 0.2) is 11.5 Å². The highest BCUT2D eigenvalue weighted by atomic mass is 16.7. The molecule has 0 saturated heterocycles. The molecule has 0 fully saturated rings. The lowest BCUT2D eigenvalue weighted by atomic mass is 9.86. The van der Waals surface area contributed by atoms with Crippen LogP contribution in [0, 0.1) is 0 Å². The highest BCUT2D eigenvalue weighted by Crippen LogP contribution is 2.43. The van der Waals surface area contributed by atoms with Crippen LogP contribution < -0.4 is 30.8 Å². The Morgan fingerprint density at radius 3 is 2.66 bits per heavy atom. The first kappa shape index (κ1) is 22.9. The van der Waals surface area contributed by atoms with Gasteiger partial charge in [0.1, 0.15) is 5.71 Å². The number of nitrogens with one attached hydrogen (secondary N) is 2. The van der Waals surface area contributed by atoms with Crippen molar-refractivity contribution >= 4 is 34.6 Å². The number of hydrogen-bond donors (Lipinski definition) is 3. The number of primary amides is 1. The number of nitrogens with zero attached hydrogens (tertiary/aromatic N) is 2. The van der Waals surface area contributed by atoms with E-state index in [1.54, 1.807) is 5.01 Å². The monoisotopic (exact) mass is 475 g/mol. The quantitative estimate of drug-likeness (QED) is 0.591. The summed E-state index contributed by atoms with van der Waals surface area (Å²) in [5.74, 6) is 0.654. The molecule has 0 bridgehead atoms. The van der Waals surface area contributed by atoms with E-state index in [0.717, 1.165) is 35.4 Å². The predicted molar refractivity (Wildman–Crippen MR) is 134 cm³/mol. The van der Waals surface area contributed by atoms with Crippen LogP contribution in [0.25, 0.3) is 5.70 Å². The molecule has 2 aromatic rings. The van der Waals surface area contributed by atoms with Crippen molar-refractivity contribution in [2.24, 2.45) is 10.8 Å². The van der Waals surface area contributed by atoms with Crippen molar-refractivity contribution in [1.29, 1.82) is 0 Å². The van der Waals surface area contributed by atoms with Crippen molar-refractivity contribution in [1.82, 2.24) is 5.32 Å². The third-order valence-corrected chi connectivity index (χ3v) is 6.33. The number of allylic oxidation sites excluding steroid dienone is 1. The summed E-state index contributed by atoms with van der Waals surface area (Å²) in [4.78, 5) is 24.6. The minimum Gasteiger partial charge on any atom is -0.454 e.